The van der Waals surface area contributed by atoms with Crippen molar-refractivity contribution < 1.29 is 9.72 Å². The summed E-state index contributed by atoms with van der Waals surface area (Å²) in [6, 6.07) is 4.18. The second-order valence-corrected chi connectivity index (χ2v) is 5.50. The number of imidazole rings is 1. The molecule has 0 aliphatic rings. The van der Waals surface area contributed by atoms with Crippen molar-refractivity contribution in [2.75, 3.05) is 0 Å². The maximum absolute atomic E-state index is 11.2. The van der Waals surface area contributed by atoms with Crippen LogP contribution in [0.2, 0.25) is 0 Å². The Bertz CT molecular complexity index is 910. The molecule has 10 heteroatoms. The topological polar surface area (TPSA) is 141 Å². The van der Waals surface area contributed by atoms with E-state index in [9.17, 15) is 14.9 Å². The maximum atomic E-state index is 11.2. The summed E-state index contributed by atoms with van der Waals surface area (Å²) in [5.41, 5.74) is 6.78. The highest BCUT2D eigenvalue weighted by Crippen LogP contribution is 2.30. The number of hydrogen-bond donors (Lipinski definition) is 2. The standard InChI is InChI=1S/C13H10N6O3S/c14-11(20)7-1-2-8(9(3-7)19(21)22)4-23-13-10-12(16-5-15-10)17-6-18-13/h1-3,5-6H,4H2,(H2,14,20)(H,15,16,17,18). The van der Waals surface area contributed by atoms with Crippen molar-refractivity contribution >= 4 is 34.5 Å². The number of rotatable bonds is 5. The van der Waals surface area contributed by atoms with E-state index >= 15 is 0 Å². The minimum absolute atomic E-state index is 0.100. The lowest BCUT2D eigenvalue weighted by molar-refractivity contribution is -0.385. The number of thioether (sulfide) groups is 1. The summed E-state index contributed by atoms with van der Waals surface area (Å²) >= 11 is 1.31. The minimum Gasteiger partial charge on any atom is -0.366 e. The van der Waals surface area contributed by atoms with E-state index in [1.807, 2.05) is 0 Å². The van der Waals surface area contributed by atoms with E-state index in [1.54, 1.807) is 0 Å². The molecule has 0 aliphatic heterocycles. The van der Waals surface area contributed by atoms with Gasteiger partial charge in [-0.25, -0.2) is 15.0 Å². The Hall–Kier alpha value is -3.01. The predicted octanol–water partition coefficient (Wildman–Crippen LogP) is 1.65. The summed E-state index contributed by atoms with van der Waals surface area (Å²) in [6.45, 7) is 0. The van der Waals surface area contributed by atoms with E-state index in [1.165, 1.54) is 42.6 Å². The number of nitrogens with zero attached hydrogens (tertiary/aromatic N) is 4. The molecule has 0 fully saturated rings. The fourth-order valence-electron chi connectivity index (χ4n) is 2.01. The molecule has 0 radical (unpaired) electrons. The van der Waals surface area contributed by atoms with Gasteiger partial charge in [0.05, 0.1) is 11.3 Å². The molecular formula is C13H10N6O3S. The highest BCUT2D eigenvalue weighted by Gasteiger charge is 2.17. The Labute approximate surface area is 133 Å². The number of carbonyl (C=O) groups is 1. The largest absolute Gasteiger partial charge is 0.366 e. The quantitative estimate of drug-likeness (QED) is 0.313. The first-order valence-electron chi connectivity index (χ1n) is 6.40. The molecule has 116 valence electrons. The van der Waals surface area contributed by atoms with Gasteiger partial charge in [-0.1, -0.05) is 17.8 Å². The molecule has 0 saturated carbocycles. The lowest BCUT2D eigenvalue weighted by Crippen LogP contribution is -2.11. The Morgan fingerprint density at radius 1 is 1.35 bits per heavy atom. The number of amides is 1. The van der Waals surface area contributed by atoms with E-state index in [2.05, 4.69) is 19.9 Å². The van der Waals surface area contributed by atoms with Crippen LogP contribution < -0.4 is 5.73 Å². The molecule has 1 aromatic carbocycles. The molecule has 9 nitrogen and oxygen atoms in total. The van der Waals surface area contributed by atoms with E-state index in [4.69, 9.17) is 5.73 Å². The molecule has 0 atom stereocenters. The molecule has 23 heavy (non-hydrogen) atoms. The van der Waals surface area contributed by atoms with Crippen LogP contribution in [0, 0.1) is 10.1 Å². The van der Waals surface area contributed by atoms with Crippen molar-refractivity contribution in [2.24, 2.45) is 5.73 Å². The minimum atomic E-state index is -0.706. The summed E-state index contributed by atoms with van der Waals surface area (Å²) in [4.78, 5) is 36.9. The van der Waals surface area contributed by atoms with Gasteiger partial charge in [0, 0.05) is 22.9 Å². The maximum Gasteiger partial charge on any atom is 0.274 e. The molecule has 0 saturated heterocycles. The molecule has 3 aromatic rings. The van der Waals surface area contributed by atoms with Gasteiger partial charge in [-0.05, 0) is 6.07 Å². The van der Waals surface area contributed by atoms with Crippen LogP contribution in [-0.2, 0) is 5.75 Å². The number of hydrogen-bond acceptors (Lipinski definition) is 7. The predicted molar refractivity (Wildman–Crippen MR) is 82.9 cm³/mol. The Balaban J connectivity index is 1.89. The van der Waals surface area contributed by atoms with Crippen molar-refractivity contribution in [1.29, 1.82) is 0 Å². The zero-order valence-corrected chi connectivity index (χ0v) is 12.4. The highest BCUT2D eigenvalue weighted by molar-refractivity contribution is 7.98. The van der Waals surface area contributed by atoms with Gasteiger partial charge >= 0.3 is 0 Å². The third-order valence-corrected chi connectivity index (χ3v) is 4.16. The fraction of sp³-hybridized carbons (Fsp3) is 0.0769. The number of aromatic nitrogens is 4. The molecule has 0 spiro atoms. The van der Waals surface area contributed by atoms with Crippen LogP contribution in [0.5, 0.6) is 0 Å². The van der Waals surface area contributed by atoms with Crippen molar-refractivity contribution in [3.8, 4) is 0 Å². The van der Waals surface area contributed by atoms with Crippen LogP contribution in [0.25, 0.3) is 11.2 Å². The molecule has 0 bridgehead atoms. The second kappa shape index (κ2) is 6.01. The van der Waals surface area contributed by atoms with Crippen LogP contribution in [0.15, 0.2) is 35.9 Å². The van der Waals surface area contributed by atoms with Crippen LogP contribution in [0.4, 0.5) is 5.69 Å². The SMILES string of the molecule is NC(=O)c1ccc(CSc2ncnc3nc[nH]c23)c([N+](=O)[O-])c1. The normalized spacial score (nSPS) is 10.8. The van der Waals surface area contributed by atoms with Gasteiger partial charge in [-0.2, -0.15) is 0 Å². The van der Waals surface area contributed by atoms with Gasteiger partial charge in [0.2, 0.25) is 5.91 Å². The average Bonchev–Trinajstić information content (AvgIpc) is 3.01. The molecule has 0 aliphatic carbocycles. The summed E-state index contributed by atoms with van der Waals surface area (Å²) in [7, 11) is 0. The molecule has 2 heterocycles. The number of aromatic amines is 1. The van der Waals surface area contributed by atoms with Crippen LogP contribution in [0.3, 0.4) is 0 Å². The Kier molecular flexibility index (Phi) is 3.89. The van der Waals surface area contributed by atoms with Gasteiger partial charge in [0.25, 0.3) is 5.69 Å². The van der Waals surface area contributed by atoms with Gasteiger partial charge in [0.1, 0.15) is 16.9 Å². The first-order chi connectivity index (χ1) is 11.1. The molecular weight excluding hydrogens is 320 g/mol. The zero-order chi connectivity index (χ0) is 16.4. The van der Waals surface area contributed by atoms with E-state index in [-0.39, 0.29) is 11.3 Å². The van der Waals surface area contributed by atoms with Crippen molar-refractivity contribution in [1.82, 2.24) is 19.9 Å². The summed E-state index contributed by atoms with van der Waals surface area (Å²) < 4.78 is 0. The third kappa shape index (κ3) is 2.97. The number of primary amides is 1. The number of H-pyrrole nitrogens is 1. The summed E-state index contributed by atoms with van der Waals surface area (Å²) in [5, 5.41) is 11.8. The number of nitro benzene ring substituents is 1. The van der Waals surface area contributed by atoms with E-state index < -0.39 is 10.8 Å². The number of fused-ring (bicyclic) bond motifs is 1. The number of nitrogens with two attached hydrogens (primary N) is 1. The lowest BCUT2D eigenvalue weighted by Gasteiger charge is -2.05. The summed E-state index contributed by atoms with van der Waals surface area (Å²) in [5.74, 6) is -0.400. The van der Waals surface area contributed by atoms with Crippen molar-refractivity contribution in [2.45, 2.75) is 10.8 Å². The van der Waals surface area contributed by atoms with Crippen LogP contribution in [-0.4, -0.2) is 30.8 Å². The Morgan fingerprint density at radius 3 is 2.91 bits per heavy atom. The monoisotopic (exact) mass is 330 g/mol. The van der Waals surface area contributed by atoms with Crippen molar-refractivity contribution in [3.63, 3.8) is 0 Å². The molecule has 3 rings (SSSR count). The molecule has 1 amide bonds. The van der Waals surface area contributed by atoms with Gasteiger partial charge < -0.3 is 10.7 Å². The number of carbonyl (C=O) groups excluding carboxylic acids is 1. The second-order valence-electron chi connectivity index (χ2n) is 4.53. The fourth-order valence-corrected chi connectivity index (χ4v) is 2.96. The van der Waals surface area contributed by atoms with Gasteiger partial charge in [-0.3, -0.25) is 14.9 Å². The third-order valence-electron chi connectivity index (χ3n) is 3.12. The molecule has 0 unspecified atom stereocenters. The van der Waals surface area contributed by atoms with Crippen molar-refractivity contribution in [3.05, 3.63) is 52.1 Å². The number of benzene rings is 1. The molecule has 3 N–H and O–H groups in total. The van der Waals surface area contributed by atoms with Crippen LogP contribution >= 0.6 is 11.8 Å². The zero-order valence-electron chi connectivity index (χ0n) is 11.6. The number of nitro groups is 1. The van der Waals surface area contributed by atoms with Gasteiger partial charge in [-0.15, -0.1) is 0 Å². The van der Waals surface area contributed by atoms with E-state index in [0.717, 1.165) is 0 Å². The van der Waals surface area contributed by atoms with Crippen LogP contribution in [0.1, 0.15) is 15.9 Å². The number of nitrogens with one attached hydrogen (secondary N) is 1. The lowest BCUT2D eigenvalue weighted by atomic mass is 10.1. The summed E-state index contributed by atoms with van der Waals surface area (Å²) in [6.07, 6.45) is 2.89. The Morgan fingerprint density at radius 2 is 2.17 bits per heavy atom. The first-order valence-corrected chi connectivity index (χ1v) is 7.39. The smallest absolute Gasteiger partial charge is 0.274 e. The average molecular weight is 330 g/mol. The van der Waals surface area contributed by atoms with E-state index in [0.29, 0.717) is 27.5 Å². The highest BCUT2D eigenvalue weighted by atomic mass is 32.2. The first kappa shape index (κ1) is 14.9. The van der Waals surface area contributed by atoms with Gasteiger partial charge in [0.15, 0.2) is 5.65 Å². The molecule has 2 aromatic heterocycles.